The first-order valence-corrected chi connectivity index (χ1v) is 6.38. The Hall–Kier alpha value is -2.00. The van der Waals surface area contributed by atoms with Crippen LogP contribution in [0.25, 0.3) is 0 Å². The summed E-state index contributed by atoms with van der Waals surface area (Å²) in [6.45, 7) is 2.10. The van der Waals surface area contributed by atoms with Crippen LogP contribution in [0, 0.1) is 16.0 Å². The summed E-state index contributed by atoms with van der Waals surface area (Å²) in [5.41, 5.74) is 2.16. The van der Waals surface area contributed by atoms with Gasteiger partial charge >= 0.3 is 5.69 Å². The molecule has 0 bridgehead atoms. The number of nitrogen functional groups attached to an aromatic ring is 1. The van der Waals surface area contributed by atoms with Crippen LogP contribution in [-0.4, -0.2) is 41.7 Å². The van der Waals surface area contributed by atoms with Crippen LogP contribution < -0.4 is 16.2 Å². The lowest BCUT2D eigenvalue weighted by Crippen LogP contribution is -2.32. The molecule has 1 aromatic rings. The normalized spacial score (nSPS) is 18.6. The van der Waals surface area contributed by atoms with Crippen molar-refractivity contribution >= 4 is 17.5 Å². The van der Waals surface area contributed by atoms with Crippen LogP contribution in [-0.2, 0) is 4.74 Å². The zero-order valence-corrected chi connectivity index (χ0v) is 11.3. The van der Waals surface area contributed by atoms with Gasteiger partial charge in [-0.15, -0.1) is 0 Å². The molecule has 0 aliphatic carbocycles. The van der Waals surface area contributed by atoms with Crippen molar-refractivity contribution in [1.29, 1.82) is 0 Å². The Morgan fingerprint density at radius 3 is 3.10 bits per heavy atom. The first-order chi connectivity index (χ1) is 9.61. The van der Waals surface area contributed by atoms with Gasteiger partial charge in [-0.2, -0.15) is 4.98 Å². The van der Waals surface area contributed by atoms with E-state index in [-0.39, 0.29) is 17.5 Å². The first kappa shape index (κ1) is 14.4. The summed E-state index contributed by atoms with van der Waals surface area (Å²) in [5.74, 6) is 5.99. The molecule has 2 rings (SSSR count). The van der Waals surface area contributed by atoms with E-state index < -0.39 is 4.92 Å². The summed E-state index contributed by atoms with van der Waals surface area (Å²) in [7, 11) is 1.77. The molecule has 3 N–H and O–H groups in total. The lowest BCUT2D eigenvalue weighted by atomic mass is 10.0. The Labute approximate surface area is 116 Å². The fourth-order valence-electron chi connectivity index (χ4n) is 2.27. The Morgan fingerprint density at radius 1 is 1.70 bits per heavy atom. The van der Waals surface area contributed by atoms with Gasteiger partial charge < -0.3 is 9.64 Å². The van der Waals surface area contributed by atoms with Gasteiger partial charge in [0.05, 0.1) is 11.5 Å². The van der Waals surface area contributed by atoms with E-state index in [0.717, 1.165) is 25.6 Å². The number of aromatic nitrogens is 2. The third kappa shape index (κ3) is 3.31. The van der Waals surface area contributed by atoms with Gasteiger partial charge in [0.25, 0.3) is 0 Å². The number of nitro groups is 1. The molecular formula is C11H18N6O3. The highest BCUT2D eigenvalue weighted by atomic mass is 16.6. The van der Waals surface area contributed by atoms with E-state index in [1.54, 1.807) is 11.9 Å². The summed E-state index contributed by atoms with van der Waals surface area (Å²) >= 11 is 0. The van der Waals surface area contributed by atoms with Crippen LogP contribution in [0.1, 0.15) is 12.8 Å². The largest absolute Gasteiger partial charge is 0.381 e. The predicted octanol–water partition coefficient (Wildman–Crippen LogP) is 0.533. The van der Waals surface area contributed by atoms with E-state index in [2.05, 4.69) is 15.4 Å². The minimum absolute atomic E-state index is 0.136. The topological polar surface area (TPSA) is 119 Å². The molecule has 1 saturated heterocycles. The first-order valence-electron chi connectivity index (χ1n) is 6.38. The third-order valence-corrected chi connectivity index (χ3v) is 3.22. The van der Waals surface area contributed by atoms with Crippen molar-refractivity contribution in [3.63, 3.8) is 0 Å². The summed E-state index contributed by atoms with van der Waals surface area (Å²) in [6.07, 6.45) is 3.22. The van der Waals surface area contributed by atoms with Crippen LogP contribution in [0.4, 0.5) is 17.5 Å². The third-order valence-electron chi connectivity index (χ3n) is 3.22. The van der Waals surface area contributed by atoms with Crippen molar-refractivity contribution in [2.24, 2.45) is 11.8 Å². The van der Waals surface area contributed by atoms with Gasteiger partial charge in [-0.1, -0.05) is 0 Å². The molecule has 1 unspecified atom stereocenters. The minimum Gasteiger partial charge on any atom is -0.381 e. The average Bonchev–Trinajstić information content (AvgIpc) is 2.47. The second-order valence-electron chi connectivity index (χ2n) is 4.77. The number of nitrogens with zero attached hydrogens (tertiary/aromatic N) is 4. The summed E-state index contributed by atoms with van der Waals surface area (Å²) in [4.78, 5) is 20.1. The monoisotopic (exact) mass is 282 g/mol. The standard InChI is InChI=1S/C11H18N6O3/c1-16(6-8-3-2-4-20-7-8)10-9(17(18)19)5-13-11(14-10)15-12/h5,8H,2-4,6-7,12H2,1H3,(H,13,14,15). The van der Waals surface area contributed by atoms with Gasteiger partial charge in [0.2, 0.25) is 11.8 Å². The number of nitrogens with one attached hydrogen (secondary N) is 1. The van der Waals surface area contributed by atoms with Gasteiger partial charge in [-0.25, -0.2) is 10.8 Å². The quantitative estimate of drug-likeness (QED) is 0.456. The van der Waals surface area contributed by atoms with E-state index in [9.17, 15) is 10.1 Å². The highest BCUT2D eigenvalue weighted by Crippen LogP contribution is 2.26. The molecule has 0 radical (unpaired) electrons. The fourth-order valence-corrected chi connectivity index (χ4v) is 2.27. The molecule has 9 heteroatoms. The molecule has 1 fully saturated rings. The molecule has 2 heterocycles. The van der Waals surface area contributed by atoms with E-state index in [1.165, 1.54) is 0 Å². The van der Waals surface area contributed by atoms with Gasteiger partial charge in [-0.05, 0) is 18.8 Å². The van der Waals surface area contributed by atoms with Crippen molar-refractivity contribution in [2.45, 2.75) is 12.8 Å². The van der Waals surface area contributed by atoms with E-state index in [1.807, 2.05) is 0 Å². The number of hydrogen-bond acceptors (Lipinski definition) is 8. The number of nitrogens with two attached hydrogens (primary N) is 1. The van der Waals surface area contributed by atoms with Crippen molar-refractivity contribution in [2.75, 3.05) is 37.1 Å². The Balaban J connectivity index is 2.17. The molecule has 0 aromatic carbocycles. The summed E-state index contributed by atoms with van der Waals surface area (Å²) < 4.78 is 5.42. The second kappa shape index (κ2) is 6.44. The number of rotatable bonds is 5. The molecule has 1 aliphatic rings. The Morgan fingerprint density at radius 2 is 2.50 bits per heavy atom. The Kier molecular flexibility index (Phi) is 4.64. The number of ether oxygens (including phenoxy) is 1. The van der Waals surface area contributed by atoms with E-state index in [4.69, 9.17) is 10.6 Å². The highest BCUT2D eigenvalue weighted by Gasteiger charge is 2.23. The maximum absolute atomic E-state index is 11.0. The van der Waals surface area contributed by atoms with Gasteiger partial charge in [0.1, 0.15) is 6.20 Å². The molecule has 20 heavy (non-hydrogen) atoms. The molecule has 0 amide bonds. The second-order valence-corrected chi connectivity index (χ2v) is 4.77. The fraction of sp³-hybridized carbons (Fsp3) is 0.636. The molecule has 110 valence electrons. The molecular weight excluding hydrogens is 264 g/mol. The molecule has 0 spiro atoms. The maximum Gasteiger partial charge on any atom is 0.329 e. The summed E-state index contributed by atoms with van der Waals surface area (Å²) in [5, 5.41) is 11.0. The van der Waals surface area contributed by atoms with Crippen molar-refractivity contribution in [3.8, 4) is 0 Å². The van der Waals surface area contributed by atoms with Crippen molar-refractivity contribution in [1.82, 2.24) is 9.97 Å². The van der Waals surface area contributed by atoms with Crippen molar-refractivity contribution < 1.29 is 9.66 Å². The molecule has 9 nitrogen and oxygen atoms in total. The highest BCUT2D eigenvalue weighted by molar-refractivity contribution is 5.58. The smallest absolute Gasteiger partial charge is 0.329 e. The van der Waals surface area contributed by atoms with Gasteiger partial charge in [-0.3, -0.25) is 15.5 Å². The van der Waals surface area contributed by atoms with Crippen LogP contribution in [0.3, 0.4) is 0 Å². The van der Waals surface area contributed by atoms with Gasteiger partial charge in [0.15, 0.2) is 0 Å². The number of hydrogen-bond donors (Lipinski definition) is 2. The van der Waals surface area contributed by atoms with E-state index >= 15 is 0 Å². The van der Waals surface area contributed by atoms with Gasteiger partial charge in [0, 0.05) is 20.2 Å². The Bertz CT molecular complexity index is 477. The number of hydrazine groups is 1. The lowest BCUT2D eigenvalue weighted by molar-refractivity contribution is -0.384. The average molecular weight is 282 g/mol. The minimum atomic E-state index is -0.497. The molecule has 1 atom stereocenters. The van der Waals surface area contributed by atoms with Crippen LogP contribution >= 0.6 is 0 Å². The van der Waals surface area contributed by atoms with Crippen LogP contribution in [0.2, 0.25) is 0 Å². The lowest BCUT2D eigenvalue weighted by Gasteiger charge is -2.27. The van der Waals surface area contributed by atoms with Crippen LogP contribution in [0.15, 0.2) is 6.20 Å². The zero-order chi connectivity index (χ0) is 14.5. The summed E-state index contributed by atoms with van der Waals surface area (Å²) in [6, 6.07) is 0. The molecule has 1 aromatic heterocycles. The molecule has 1 aliphatic heterocycles. The SMILES string of the molecule is CN(CC1CCCOC1)c1nc(NN)ncc1[N+](=O)[O-]. The van der Waals surface area contributed by atoms with Crippen molar-refractivity contribution in [3.05, 3.63) is 16.3 Å². The van der Waals surface area contributed by atoms with Crippen LogP contribution in [0.5, 0.6) is 0 Å². The number of anilines is 2. The molecule has 0 saturated carbocycles. The maximum atomic E-state index is 11.0. The predicted molar refractivity (Wildman–Crippen MR) is 73.3 cm³/mol. The van der Waals surface area contributed by atoms with E-state index in [0.29, 0.717) is 19.1 Å². The zero-order valence-electron chi connectivity index (χ0n) is 11.3.